The van der Waals surface area contributed by atoms with Crippen LogP contribution in [0.5, 0.6) is 5.75 Å². The van der Waals surface area contributed by atoms with E-state index < -0.39 is 10.8 Å². The summed E-state index contributed by atoms with van der Waals surface area (Å²) < 4.78 is 6.13. The van der Waals surface area contributed by atoms with Crippen LogP contribution in [0, 0.1) is 10.1 Å². The van der Waals surface area contributed by atoms with E-state index in [1.54, 1.807) is 31.5 Å². The minimum absolute atomic E-state index is 0.146. The summed E-state index contributed by atoms with van der Waals surface area (Å²) in [6, 6.07) is 16.6. The molecule has 2 aromatic carbocycles. The predicted octanol–water partition coefficient (Wildman–Crippen LogP) is 4.46. The second kappa shape index (κ2) is 8.26. The Kier molecular flexibility index (Phi) is 5.36. The van der Waals surface area contributed by atoms with E-state index >= 15 is 0 Å². The molecule has 4 rings (SSSR count). The van der Waals surface area contributed by atoms with Gasteiger partial charge in [-0.3, -0.25) is 24.8 Å². The smallest absolute Gasteiger partial charge is 0.270 e. The van der Waals surface area contributed by atoms with Crippen LogP contribution in [0.3, 0.4) is 0 Å². The lowest BCUT2D eigenvalue weighted by molar-refractivity contribution is -0.384. The van der Waals surface area contributed by atoms with E-state index in [0.717, 1.165) is 10.2 Å². The van der Waals surface area contributed by atoms with Gasteiger partial charge in [-0.25, -0.2) is 4.98 Å². The van der Waals surface area contributed by atoms with Crippen LogP contribution in [0.2, 0.25) is 0 Å². The Morgan fingerprint density at radius 2 is 2.03 bits per heavy atom. The molecule has 0 saturated carbocycles. The maximum absolute atomic E-state index is 13.3. The maximum atomic E-state index is 13.3. The number of carbonyl (C=O) groups excluding carboxylic acids is 1. The highest BCUT2D eigenvalue weighted by atomic mass is 32.1. The first-order valence-electron chi connectivity index (χ1n) is 8.96. The van der Waals surface area contributed by atoms with E-state index in [2.05, 4.69) is 9.97 Å². The molecule has 0 fully saturated rings. The summed E-state index contributed by atoms with van der Waals surface area (Å²) in [7, 11) is 1.59. The fourth-order valence-electron chi connectivity index (χ4n) is 2.92. The number of hydrogen-bond donors (Lipinski definition) is 0. The highest BCUT2D eigenvalue weighted by Crippen LogP contribution is 2.33. The molecule has 0 atom stereocenters. The number of methoxy groups -OCH3 is 1. The topological polar surface area (TPSA) is 98.5 Å². The number of rotatable bonds is 6. The van der Waals surface area contributed by atoms with Crippen LogP contribution < -0.4 is 9.64 Å². The van der Waals surface area contributed by atoms with Gasteiger partial charge in [0.1, 0.15) is 5.75 Å². The minimum atomic E-state index is -0.524. The van der Waals surface area contributed by atoms with Crippen molar-refractivity contribution in [2.45, 2.75) is 6.54 Å². The van der Waals surface area contributed by atoms with E-state index in [9.17, 15) is 14.9 Å². The van der Waals surface area contributed by atoms with E-state index in [0.29, 0.717) is 16.6 Å². The first kappa shape index (κ1) is 19.5. The maximum Gasteiger partial charge on any atom is 0.270 e. The summed E-state index contributed by atoms with van der Waals surface area (Å²) >= 11 is 1.34. The van der Waals surface area contributed by atoms with Crippen molar-refractivity contribution in [2.75, 3.05) is 12.0 Å². The van der Waals surface area contributed by atoms with Crippen LogP contribution in [0.15, 0.2) is 66.9 Å². The zero-order chi connectivity index (χ0) is 21.1. The number of hydrogen-bond acceptors (Lipinski definition) is 7. The van der Waals surface area contributed by atoms with Crippen LogP contribution in [0.4, 0.5) is 10.8 Å². The molecule has 2 heterocycles. The first-order chi connectivity index (χ1) is 14.5. The van der Waals surface area contributed by atoms with Crippen molar-refractivity contribution < 1.29 is 14.5 Å². The number of benzene rings is 2. The molecule has 0 bridgehead atoms. The number of non-ortho nitro benzene ring substituents is 1. The van der Waals surface area contributed by atoms with Crippen molar-refractivity contribution in [3.05, 3.63) is 88.2 Å². The fourth-order valence-corrected chi connectivity index (χ4v) is 3.92. The highest BCUT2D eigenvalue weighted by molar-refractivity contribution is 7.22. The number of nitrogens with zero attached hydrogens (tertiary/aromatic N) is 4. The largest absolute Gasteiger partial charge is 0.497 e. The molecule has 0 aliphatic rings. The van der Waals surface area contributed by atoms with E-state index in [-0.39, 0.29) is 17.8 Å². The second-order valence-electron chi connectivity index (χ2n) is 6.35. The molecule has 0 aliphatic heterocycles. The zero-order valence-electron chi connectivity index (χ0n) is 15.9. The van der Waals surface area contributed by atoms with Crippen molar-refractivity contribution in [1.29, 1.82) is 0 Å². The molecule has 0 spiro atoms. The molecular weight excluding hydrogens is 404 g/mol. The lowest BCUT2D eigenvalue weighted by atomic mass is 10.1. The van der Waals surface area contributed by atoms with E-state index in [1.807, 2.05) is 24.3 Å². The van der Waals surface area contributed by atoms with Crippen LogP contribution in [-0.2, 0) is 6.54 Å². The Bertz CT molecular complexity index is 1230. The van der Waals surface area contributed by atoms with Crippen molar-refractivity contribution >= 4 is 38.3 Å². The molecule has 0 unspecified atom stereocenters. The Hall–Kier alpha value is -3.85. The molecule has 0 N–H and O–H groups in total. The van der Waals surface area contributed by atoms with Crippen LogP contribution in [0.25, 0.3) is 10.2 Å². The summed E-state index contributed by atoms with van der Waals surface area (Å²) in [4.78, 5) is 34.3. The van der Waals surface area contributed by atoms with Gasteiger partial charge in [-0.2, -0.15) is 0 Å². The molecule has 0 radical (unpaired) electrons. The number of pyridine rings is 1. The van der Waals surface area contributed by atoms with E-state index in [4.69, 9.17) is 4.74 Å². The number of carbonyl (C=O) groups is 1. The van der Waals surface area contributed by atoms with Crippen molar-refractivity contribution in [3.63, 3.8) is 0 Å². The van der Waals surface area contributed by atoms with Gasteiger partial charge in [0.2, 0.25) is 0 Å². The molecule has 8 nitrogen and oxygen atoms in total. The van der Waals surface area contributed by atoms with Gasteiger partial charge in [0.05, 0.1) is 34.5 Å². The summed E-state index contributed by atoms with van der Waals surface area (Å²) in [6.45, 7) is 0.180. The lowest BCUT2D eigenvalue weighted by Gasteiger charge is -2.19. The predicted molar refractivity (Wildman–Crippen MR) is 114 cm³/mol. The van der Waals surface area contributed by atoms with Crippen molar-refractivity contribution in [3.8, 4) is 5.75 Å². The molecule has 2 aromatic heterocycles. The van der Waals surface area contributed by atoms with Crippen LogP contribution >= 0.6 is 11.3 Å². The Balaban J connectivity index is 1.77. The first-order valence-corrected chi connectivity index (χ1v) is 9.77. The normalized spacial score (nSPS) is 10.7. The summed E-state index contributed by atoms with van der Waals surface area (Å²) in [5, 5.41) is 11.6. The Labute approximate surface area is 175 Å². The fraction of sp³-hybridized carbons (Fsp3) is 0.0952. The number of nitro groups is 1. The number of amides is 1. The number of thiazole rings is 1. The number of aromatic nitrogens is 2. The molecule has 150 valence electrons. The second-order valence-corrected chi connectivity index (χ2v) is 7.36. The average molecular weight is 420 g/mol. The van der Waals surface area contributed by atoms with Crippen molar-refractivity contribution in [1.82, 2.24) is 9.97 Å². The van der Waals surface area contributed by atoms with Crippen LogP contribution in [-0.4, -0.2) is 27.9 Å². The quantitative estimate of drug-likeness (QED) is 0.337. The summed E-state index contributed by atoms with van der Waals surface area (Å²) in [5.74, 6) is 0.300. The number of nitro benzene ring substituents is 1. The number of fused-ring (bicyclic) bond motifs is 1. The molecule has 30 heavy (non-hydrogen) atoms. The molecule has 9 heteroatoms. The van der Waals surface area contributed by atoms with Gasteiger partial charge < -0.3 is 4.74 Å². The third-order valence-corrected chi connectivity index (χ3v) is 5.45. The van der Waals surface area contributed by atoms with Gasteiger partial charge in [0.25, 0.3) is 11.6 Å². The standard InChI is InChI=1S/C21H16N4O4S/c1-29-17-8-9-18-19(12-17)30-21(23-18)24(13-15-6-2-3-10-22-15)20(26)14-5-4-7-16(11-14)25(27)28/h2-12H,13H2,1H3. The molecular formula is C21H16N4O4S. The molecule has 0 aliphatic carbocycles. The third-order valence-electron chi connectivity index (χ3n) is 4.41. The number of anilines is 1. The van der Waals surface area contributed by atoms with Gasteiger partial charge in [-0.1, -0.05) is 23.5 Å². The summed E-state index contributed by atoms with van der Waals surface area (Å²) in [5.41, 5.74) is 1.46. The minimum Gasteiger partial charge on any atom is -0.497 e. The highest BCUT2D eigenvalue weighted by Gasteiger charge is 2.23. The SMILES string of the molecule is COc1ccc2nc(N(Cc3ccccn3)C(=O)c3cccc([N+](=O)[O-])c3)sc2c1. The number of ether oxygens (including phenoxy) is 1. The van der Waals surface area contributed by atoms with Crippen LogP contribution in [0.1, 0.15) is 16.1 Å². The zero-order valence-corrected chi connectivity index (χ0v) is 16.7. The molecule has 1 amide bonds. The lowest BCUT2D eigenvalue weighted by Crippen LogP contribution is -2.30. The van der Waals surface area contributed by atoms with Crippen molar-refractivity contribution in [2.24, 2.45) is 0 Å². The van der Waals surface area contributed by atoms with Gasteiger partial charge in [-0.15, -0.1) is 0 Å². The Morgan fingerprint density at radius 3 is 2.77 bits per heavy atom. The average Bonchev–Trinajstić information content (AvgIpc) is 3.20. The Morgan fingerprint density at radius 1 is 1.17 bits per heavy atom. The molecule has 0 saturated heterocycles. The van der Waals surface area contributed by atoms with Gasteiger partial charge in [0.15, 0.2) is 5.13 Å². The molecule has 4 aromatic rings. The monoisotopic (exact) mass is 420 g/mol. The van der Waals surface area contributed by atoms with Gasteiger partial charge in [0, 0.05) is 23.9 Å². The summed E-state index contributed by atoms with van der Waals surface area (Å²) in [6.07, 6.45) is 1.65. The van der Waals surface area contributed by atoms with E-state index in [1.165, 1.54) is 34.4 Å². The van der Waals surface area contributed by atoms with Gasteiger partial charge in [-0.05, 0) is 36.4 Å². The third kappa shape index (κ3) is 3.96. The van der Waals surface area contributed by atoms with Gasteiger partial charge >= 0.3 is 0 Å².